The van der Waals surface area contributed by atoms with E-state index in [1.165, 1.54) is 18.1 Å². The van der Waals surface area contributed by atoms with Gasteiger partial charge in [0.05, 0.1) is 17.6 Å². The van der Waals surface area contributed by atoms with Gasteiger partial charge in [0.1, 0.15) is 11.4 Å². The molecule has 6 heteroatoms. The summed E-state index contributed by atoms with van der Waals surface area (Å²) in [5, 5.41) is 11.2. The number of carbonyl (C=O) groups excluding carboxylic acids is 1. The van der Waals surface area contributed by atoms with Gasteiger partial charge >= 0.3 is 0 Å². The summed E-state index contributed by atoms with van der Waals surface area (Å²) in [5.41, 5.74) is 1.56. The largest absolute Gasteiger partial charge is 0.496 e. The maximum atomic E-state index is 12.8. The Bertz CT molecular complexity index is 758. The number of nitrogens with zero attached hydrogens (tertiary/aromatic N) is 2. The molecule has 1 aliphatic heterocycles. The first-order chi connectivity index (χ1) is 10.6. The molecule has 0 radical (unpaired) electrons. The van der Waals surface area contributed by atoms with Crippen LogP contribution in [0.3, 0.4) is 0 Å². The Kier molecular flexibility index (Phi) is 3.50. The van der Waals surface area contributed by atoms with E-state index in [9.17, 15) is 14.9 Å². The van der Waals surface area contributed by atoms with Crippen LogP contribution in [0.15, 0.2) is 42.5 Å². The van der Waals surface area contributed by atoms with E-state index in [4.69, 9.17) is 4.74 Å². The molecule has 6 nitrogen and oxygen atoms in total. The second kappa shape index (κ2) is 5.48. The van der Waals surface area contributed by atoms with Crippen molar-refractivity contribution in [1.29, 1.82) is 0 Å². The minimum atomic E-state index is -0.452. The number of fused-ring (bicyclic) bond motifs is 1. The number of para-hydroxylation sites is 2. The molecular weight excluding hydrogens is 284 g/mol. The topological polar surface area (TPSA) is 72.7 Å². The zero-order valence-electron chi connectivity index (χ0n) is 12.0. The molecule has 0 aromatic heterocycles. The third kappa shape index (κ3) is 2.18. The van der Waals surface area contributed by atoms with Crippen molar-refractivity contribution in [2.24, 2.45) is 0 Å². The number of carbonyl (C=O) groups is 1. The van der Waals surface area contributed by atoms with Crippen LogP contribution in [0.25, 0.3) is 0 Å². The first-order valence-corrected chi connectivity index (χ1v) is 6.84. The highest BCUT2D eigenvalue weighted by Gasteiger charge is 2.33. The number of anilines is 1. The van der Waals surface area contributed by atoms with Crippen LogP contribution in [-0.2, 0) is 6.42 Å². The fraction of sp³-hybridized carbons (Fsp3) is 0.188. The van der Waals surface area contributed by atoms with Crippen LogP contribution in [0, 0.1) is 10.1 Å². The number of hydrogen-bond acceptors (Lipinski definition) is 4. The standard InChI is InChI=1S/C16H14N2O4/c1-22-14-8-3-2-6-12(14)16(19)17-10-9-11-5-4-7-13(15(11)17)18(20)21/h2-8H,9-10H2,1H3. The number of hydrogen-bond donors (Lipinski definition) is 0. The van der Waals surface area contributed by atoms with E-state index in [-0.39, 0.29) is 11.6 Å². The van der Waals surface area contributed by atoms with Crippen LogP contribution in [-0.4, -0.2) is 24.5 Å². The minimum absolute atomic E-state index is 0.0433. The van der Waals surface area contributed by atoms with Gasteiger partial charge in [-0.2, -0.15) is 0 Å². The van der Waals surface area contributed by atoms with Gasteiger partial charge in [0.15, 0.2) is 0 Å². The molecule has 2 aromatic carbocycles. The van der Waals surface area contributed by atoms with Crippen molar-refractivity contribution < 1.29 is 14.5 Å². The molecule has 0 spiro atoms. The Morgan fingerprint density at radius 2 is 2.00 bits per heavy atom. The predicted octanol–water partition coefficient (Wildman–Crippen LogP) is 2.81. The lowest BCUT2D eigenvalue weighted by Gasteiger charge is -2.18. The number of benzene rings is 2. The number of rotatable bonds is 3. The lowest BCUT2D eigenvalue weighted by Crippen LogP contribution is -2.29. The number of methoxy groups -OCH3 is 1. The summed E-state index contributed by atoms with van der Waals surface area (Å²) >= 11 is 0. The van der Waals surface area contributed by atoms with E-state index >= 15 is 0 Å². The van der Waals surface area contributed by atoms with Crippen molar-refractivity contribution in [3.05, 3.63) is 63.7 Å². The molecule has 0 atom stereocenters. The number of amides is 1. The van der Waals surface area contributed by atoms with Gasteiger partial charge in [-0.05, 0) is 24.1 Å². The minimum Gasteiger partial charge on any atom is -0.496 e. The van der Waals surface area contributed by atoms with Crippen molar-refractivity contribution in [3.63, 3.8) is 0 Å². The highest BCUT2D eigenvalue weighted by Crippen LogP contribution is 2.38. The molecule has 112 valence electrons. The third-order valence-electron chi connectivity index (χ3n) is 3.75. The summed E-state index contributed by atoms with van der Waals surface area (Å²) in [5.74, 6) is 0.171. The van der Waals surface area contributed by atoms with Gasteiger partial charge in [-0.1, -0.05) is 24.3 Å². The maximum absolute atomic E-state index is 12.8. The molecule has 0 saturated carbocycles. The molecule has 1 heterocycles. The maximum Gasteiger partial charge on any atom is 0.293 e. The molecule has 22 heavy (non-hydrogen) atoms. The van der Waals surface area contributed by atoms with Crippen LogP contribution in [0.5, 0.6) is 5.75 Å². The summed E-state index contributed by atoms with van der Waals surface area (Å²) in [6.45, 7) is 0.428. The molecule has 0 bridgehead atoms. The van der Waals surface area contributed by atoms with E-state index in [0.29, 0.717) is 30.0 Å². The lowest BCUT2D eigenvalue weighted by atomic mass is 10.1. The Labute approximate surface area is 127 Å². The average Bonchev–Trinajstić information content (AvgIpc) is 2.97. The summed E-state index contributed by atoms with van der Waals surface area (Å²) in [6, 6.07) is 11.8. The fourth-order valence-corrected chi connectivity index (χ4v) is 2.75. The first kappa shape index (κ1) is 14.1. The first-order valence-electron chi connectivity index (χ1n) is 6.84. The van der Waals surface area contributed by atoms with E-state index in [1.54, 1.807) is 30.3 Å². The Morgan fingerprint density at radius 3 is 2.73 bits per heavy atom. The molecule has 1 amide bonds. The molecule has 0 saturated heterocycles. The smallest absolute Gasteiger partial charge is 0.293 e. The molecule has 0 N–H and O–H groups in total. The van der Waals surface area contributed by atoms with Gasteiger partial charge in [0.25, 0.3) is 11.6 Å². The van der Waals surface area contributed by atoms with Crippen molar-refractivity contribution in [2.45, 2.75) is 6.42 Å². The van der Waals surface area contributed by atoms with Gasteiger partial charge in [-0.25, -0.2) is 0 Å². The second-order valence-electron chi connectivity index (χ2n) is 4.95. The highest BCUT2D eigenvalue weighted by atomic mass is 16.6. The molecule has 0 unspecified atom stereocenters. The Morgan fingerprint density at radius 1 is 1.23 bits per heavy atom. The second-order valence-corrected chi connectivity index (χ2v) is 4.95. The van der Waals surface area contributed by atoms with Crippen LogP contribution >= 0.6 is 0 Å². The normalized spacial score (nSPS) is 12.9. The van der Waals surface area contributed by atoms with Crippen LogP contribution in [0.4, 0.5) is 11.4 Å². The summed E-state index contributed by atoms with van der Waals surface area (Å²) in [6.07, 6.45) is 0.609. The lowest BCUT2D eigenvalue weighted by molar-refractivity contribution is -0.384. The van der Waals surface area contributed by atoms with E-state index in [0.717, 1.165) is 5.56 Å². The number of ether oxygens (including phenoxy) is 1. The van der Waals surface area contributed by atoms with Gasteiger partial charge in [0.2, 0.25) is 0 Å². The summed E-state index contributed by atoms with van der Waals surface area (Å²) < 4.78 is 5.21. The highest BCUT2D eigenvalue weighted by molar-refractivity contribution is 6.10. The van der Waals surface area contributed by atoms with Crippen LogP contribution < -0.4 is 9.64 Å². The molecule has 3 rings (SSSR count). The van der Waals surface area contributed by atoms with Gasteiger partial charge in [-0.3, -0.25) is 14.9 Å². The summed E-state index contributed by atoms with van der Waals surface area (Å²) in [7, 11) is 1.49. The molecule has 1 aliphatic rings. The van der Waals surface area contributed by atoms with Crippen molar-refractivity contribution in [3.8, 4) is 5.75 Å². The average molecular weight is 298 g/mol. The number of nitro groups is 1. The zero-order valence-corrected chi connectivity index (χ0v) is 12.0. The molecule has 0 fully saturated rings. The zero-order chi connectivity index (χ0) is 15.7. The van der Waals surface area contributed by atoms with E-state index < -0.39 is 4.92 Å². The van der Waals surface area contributed by atoms with Crippen molar-refractivity contribution >= 4 is 17.3 Å². The fourth-order valence-electron chi connectivity index (χ4n) is 2.75. The predicted molar refractivity (Wildman–Crippen MR) is 81.5 cm³/mol. The SMILES string of the molecule is COc1ccccc1C(=O)N1CCc2cccc([N+](=O)[O-])c21. The van der Waals surface area contributed by atoms with Crippen molar-refractivity contribution in [1.82, 2.24) is 0 Å². The van der Waals surface area contributed by atoms with Gasteiger partial charge < -0.3 is 9.64 Å². The van der Waals surface area contributed by atoms with E-state index in [1.807, 2.05) is 6.07 Å². The monoisotopic (exact) mass is 298 g/mol. The third-order valence-corrected chi connectivity index (χ3v) is 3.75. The van der Waals surface area contributed by atoms with Crippen LogP contribution in [0.1, 0.15) is 15.9 Å². The van der Waals surface area contributed by atoms with Gasteiger partial charge in [-0.15, -0.1) is 0 Å². The van der Waals surface area contributed by atoms with Crippen LogP contribution in [0.2, 0.25) is 0 Å². The molecule has 2 aromatic rings. The molecule has 0 aliphatic carbocycles. The van der Waals surface area contributed by atoms with Crippen molar-refractivity contribution in [2.75, 3.05) is 18.6 Å². The number of nitro benzene ring substituents is 1. The Hall–Kier alpha value is -2.89. The van der Waals surface area contributed by atoms with E-state index in [2.05, 4.69) is 0 Å². The quantitative estimate of drug-likeness (QED) is 0.645. The summed E-state index contributed by atoms with van der Waals surface area (Å²) in [4.78, 5) is 25.0. The Balaban J connectivity index is 2.06. The molecular formula is C16H14N2O4. The van der Waals surface area contributed by atoms with Gasteiger partial charge in [0, 0.05) is 12.6 Å².